The second-order valence-corrected chi connectivity index (χ2v) is 7.15. The monoisotopic (exact) mass is 441 g/mol. The zero-order valence-electron chi connectivity index (χ0n) is 14.5. The molecule has 0 spiro atoms. The van der Waals surface area contributed by atoms with Crippen LogP contribution in [0.25, 0.3) is 0 Å². The number of anilines is 1. The molecule has 0 aliphatic rings. The summed E-state index contributed by atoms with van der Waals surface area (Å²) >= 11 is 7.18. The van der Waals surface area contributed by atoms with Gasteiger partial charge in [-0.15, -0.1) is 0 Å². The first-order chi connectivity index (χ1) is 13.7. The van der Waals surface area contributed by atoms with Crippen LogP contribution in [0.2, 0.25) is 5.02 Å². The fourth-order valence-corrected chi connectivity index (χ4v) is 3.22. The molecule has 0 aliphatic heterocycles. The first kappa shape index (κ1) is 21.1. The van der Waals surface area contributed by atoms with Crippen LogP contribution in [0.1, 0.15) is 21.6 Å². The van der Waals surface area contributed by atoms with Crippen molar-refractivity contribution < 1.29 is 22.4 Å². The Kier molecular flexibility index (Phi) is 6.39. The van der Waals surface area contributed by atoms with E-state index in [0.29, 0.717) is 5.75 Å². The maximum absolute atomic E-state index is 13.0. The Morgan fingerprint density at radius 1 is 1.14 bits per heavy atom. The predicted molar refractivity (Wildman–Crippen MR) is 102 cm³/mol. The number of carbonyl (C=O) groups excluding carboxylic acids is 1. The highest BCUT2D eigenvalue weighted by Gasteiger charge is 2.30. The minimum atomic E-state index is -4.53. The predicted octanol–water partition coefficient (Wildman–Crippen LogP) is 5.83. The molecule has 150 valence electrons. The van der Waals surface area contributed by atoms with Crippen LogP contribution >= 0.6 is 23.4 Å². The number of carbonyl (C=O) groups is 1. The lowest BCUT2D eigenvalue weighted by Crippen LogP contribution is -2.16. The number of nitrogens with zero attached hydrogens (tertiary/aromatic N) is 2. The van der Waals surface area contributed by atoms with Gasteiger partial charge in [-0.3, -0.25) is 4.79 Å². The van der Waals surface area contributed by atoms with Crippen molar-refractivity contribution in [3.8, 4) is 0 Å². The third kappa shape index (κ3) is 5.68. The standard InChI is InChI=1S/C19H12ClF4N3OS/c20-15-9-25-18(29-10-11-4-6-13(21)7-5-11)27-16(15)17(28)26-14-3-1-2-12(8-14)19(22,23)24/h1-9H,10H2,(H,26,28). The topological polar surface area (TPSA) is 54.9 Å². The molecule has 1 amide bonds. The molecule has 0 aliphatic carbocycles. The summed E-state index contributed by atoms with van der Waals surface area (Å²) in [6.45, 7) is 0. The van der Waals surface area contributed by atoms with Crippen LogP contribution in [0.15, 0.2) is 59.9 Å². The highest BCUT2D eigenvalue weighted by atomic mass is 35.5. The molecule has 0 saturated heterocycles. The van der Waals surface area contributed by atoms with Gasteiger partial charge < -0.3 is 5.32 Å². The molecule has 10 heteroatoms. The van der Waals surface area contributed by atoms with Gasteiger partial charge in [0.15, 0.2) is 10.9 Å². The number of halogens is 5. The normalized spacial score (nSPS) is 11.3. The van der Waals surface area contributed by atoms with Crippen LogP contribution in [-0.2, 0) is 11.9 Å². The summed E-state index contributed by atoms with van der Waals surface area (Å²) in [5.41, 5.74) is -0.273. The summed E-state index contributed by atoms with van der Waals surface area (Å²) in [6.07, 6.45) is -3.29. The summed E-state index contributed by atoms with van der Waals surface area (Å²) in [5, 5.41) is 2.56. The summed E-state index contributed by atoms with van der Waals surface area (Å²) < 4.78 is 51.4. The van der Waals surface area contributed by atoms with Crippen molar-refractivity contribution in [2.45, 2.75) is 17.1 Å². The van der Waals surface area contributed by atoms with Gasteiger partial charge in [-0.25, -0.2) is 14.4 Å². The Bertz CT molecular complexity index is 1030. The lowest BCUT2D eigenvalue weighted by atomic mass is 10.2. The smallest absolute Gasteiger partial charge is 0.321 e. The SMILES string of the molecule is O=C(Nc1cccc(C(F)(F)F)c1)c1nc(SCc2ccc(F)cc2)ncc1Cl. The number of alkyl halides is 3. The summed E-state index contributed by atoms with van der Waals surface area (Å²) in [5.74, 6) is -0.688. The van der Waals surface area contributed by atoms with E-state index >= 15 is 0 Å². The largest absolute Gasteiger partial charge is 0.416 e. The van der Waals surface area contributed by atoms with Gasteiger partial charge in [-0.1, -0.05) is 41.6 Å². The first-order valence-electron chi connectivity index (χ1n) is 8.11. The molecule has 0 fully saturated rings. The number of hydrogen-bond acceptors (Lipinski definition) is 4. The number of benzene rings is 2. The van der Waals surface area contributed by atoms with E-state index in [1.54, 1.807) is 12.1 Å². The van der Waals surface area contributed by atoms with E-state index in [9.17, 15) is 22.4 Å². The number of rotatable bonds is 5. The van der Waals surface area contributed by atoms with Gasteiger partial charge in [0, 0.05) is 11.4 Å². The van der Waals surface area contributed by atoms with Gasteiger partial charge >= 0.3 is 6.18 Å². The van der Waals surface area contributed by atoms with Crippen molar-refractivity contribution in [3.05, 3.63) is 82.4 Å². The fourth-order valence-electron chi connectivity index (χ4n) is 2.27. The van der Waals surface area contributed by atoms with Crippen LogP contribution in [0, 0.1) is 5.82 Å². The van der Waals surface area contributed by atoms with Crippen molar-refractivity contribution in [1.82, 2.24) is 9.97 Å². The van der Waals surface area contributed by atoms with Gasteiger partial charge in [0.1, 0.15) is 5.82 Å². The molecule has 1 aromatic heterocycles. The average molecular weight is 442 g/mol. The molecule has 0 atom stereocenters. The van der Waals surface area contributed by atoms with E-state index in [2.05, 4.69) is 15.3 Å². The van der Waals surface area contributed by atoms with E-state index < -0.39 is 17.6 Å². The molecule has 3 aromatic rings. The lowest BCUT2D eigenvalue weighted by Gasteiger charge is -2.10. The molecule has 1 heterocycles. The summed E-state index contributed by atoms with van der Waals surface area (Å²) in [6, 6.07) is 10.1. The molecular weight excluding hydrogens is 430 g/mol. The van der Waals surface area contributed by atoms with E-state index in [1.807, 2.05) is 0 Å². The number of nitrogens with one attached hydrogen (secondary N) is 1. The minimum absolute atomic E-state index is 0.0411. The summed E-state index contributed by atoms with van der Waals surface area (Å²) in [4.78, 5) is 20.6. The molecule has 0 bridgehead atoms. The Morgan fingerprint density at radius 2 is 1.86 bits per heavy atom. The Hall–Kier alpha value is -2.65. The van der Waals surface area contributed by atoms with Crippen molar-refractivity contribution in [3.63, 3.8) is 0 Å². The molecule has 0 saturated carbocycles. The van der Waals surface area contributed by atoms with Crippen LogP contribution in [0.4, 0.5) is 23.2 Å². The van der Waals surface area contributed by atoms with Crippen LogP contribution in [0.5, 0.6) is 0 Å². The molecular formula is C19H12ClF4N3OS. The van der Waals surface area contributed by atoms with E-state index in [-0.39, 0.29) is 27.4 Å². The number of amides is 1. The van der Waals surface area contributed by atoms with Gasteiger partial charge in [0.2, 0.25) is 0 Å². The molecule has 0 unspecified atom stereocenters. The van der Waals surface area contributed by atoms with Gasteiger partial charge in [0.05, 0.1) is 16.8 Å². The summed E-state index contributed by atoms with van der Waals surface area (Å²) in [7, 11) is 0. The first-order valence-corrected chi connectivity index (χ1v) is 9.47. The molecule has 3 rings (SSSR count). The Labute approximate surface area is 172 Å². The Balaban J connectivity index is 1.73. The molecule has 1 N–H and O–H groups in total. The van der Waals surface area contributed by atoms with Crippen molar-refractivity contribution in [2.75, 3.05) is 5.32 Å². The van der Waals surface area contributed by atoms with Gasteiger partial charge in [0.25, 0.3) is 5.91 Å². The highest BCUT2D eigenvalue weighted by Crippen LogP contribution is 2.31. The number of thioether (sulfide) groups is 1. The second-order valence-electron chi connectivity index (χ2n) is 5.80. The number of aromatic nitrogens is 2. The van der Waals surface area contributed by atoms with Crippen LogP contribution in [-0.4, -0.2) is 15.9 Å². The third-order valence-electron chi connectivity index (χ3n) is 3.67. The molecule has 4 nitrogen and oxygen atoms in total. The quantitative estimate of drug-likeness (QED) is 0.307. The van der Waals surface area contributed by atoms with E-state index in [4.69, 9.17) is 11.6 Å². The van der Waals surface area contributed by atoms with Crippen molar-refractivity contribution >= 4 is 35.0 Å². The van der Waals surface area contributed by atoms with E-state index in [0.717, 1.165) is 17.7 Å². The second kappa shape index (κ2) is 8.79. The van der Waals surface area contributed by atoms with Crippen LogP contribution in [0.3, 0.4) is 0 Å². The lowest BCUT2D eigenvalue weighted by molar-refractivity contribution is -0.137. The van der Waals surface area contributed by atoms with Crippen LogP contribution < -0.4 is 5.32 Å². The van der Waals surface area contributed by atoms with E-state index in [1.165, 1.54) is 42.2 Å². The molecule has 2 aromatic carbocycles. The van der Waals surface area contributed by atoms with Gasteiger partial charge in [-0.2, -0.15) is 13.2 Å². The zero-order valence-corrected chi connectivity index (χ0v) is 16.1. The maximum Gasteiger partial charge on any atom is 0.416 e. The van der Waals surface area contributed by atoms with Crippen molar-refractivity contribution in [2.24, 2.45) is 0 Å². The Morgan fingerprint density at radius 3 is 2.55 bits per heavy atom. The highest BCUT2D eigenvalue weighted by molar-refractivity contribution is 7.98. The average Bonchev–Trinajstić information content (AvgIpc) is 2.68. The molecule has 0 radical (unpaired) electrons. The maximum atomic E-state index is 13.0. The van der Waals surface area contributed by atoms with Gasteiger partial charge in [-0.05, 0) is 35.9 Å². The third-order valence-corrected chi connectivity index (χ3v) is 4.88. The van der Waals surface area contributed by atoms with Crippen molar-refractivity contribution in [1.29, 1.82) is 0 Å². The zero-order chi connectivity index (χ0) is 21.0. The fraction of sp³-hybridized carbons (Fsp3) is 0.105. The number of hydrogen-bond donors (Lipinski definition) is 1. The minimum Gasteiger partial charge on any atom is -0.321 e. The molecule has 29 heavy (non-hydrogen) atoms.